The summed E-state index contributed by atoms with van der Waals surface area (Å²) in [5.41, 5.74) is 0. The quantitative estimate of drug-likeness (QED) is 0.761. The molecule has 1 aliphatic rings. The average molecular weight is 285 g/mol. The average Bonchev–Trinajstić information content (AvgIpc) is 2.37. The van der Waals surface area contributed by atoms with Gasteiger partial charge in [0.2, 0.25) is 5.91 Å². The van der Waals surface area contributed by atoms with Gasteiger partial charge in [-0.1, -0.05) is 13.8 Å². The molecule has 3 amide bonds. The van der Waals surface area contributed by atoms with Crippen LogP contribution in [0.5, 0.6) is 0 Å². The minimum atomic E-state index is -0.938. The van der Waals surface area contributed by atoms with E-state index in [2.05, 4.69) is 17.1 Å². The Bertz CT molecular complexity index is 365. The Kier molecular flexibility index (Phi) is 6.44. The van der Waals surface area contributed by atoms with Gasteiger partial charge in [0.05, 0.1) is 0 Å². The molecule has 1 rings (SSSR count). The number of carboxylic acids is 1. The number of amides is 3. The molecule has 114 valence electrons. The molecule has 0 aromatic carbocycles. The lowest BCUT2D eigenvalue weighted by Crippen LogP contribution is -2.52. The molecule has 0 saturated carbocycles. The number of imide groups is 1. The summed E-state index contributed by atoms with van der Waals surface area (Å²) < 4.78 is 0. The van der Waals surface area contributed by atoms with E-state index in [1.54, 1.807) is 11.8 Å². The number of carboxylic acid groups (broad SMARTS) is 1. The summed E-state index contributed by atoms with van der Waals surface area (Å²) in [4.78, 5) is 37.9. The molecule has 1 atom stereocenters. The summed E-state index contributed by atoms with van der Waals surface area (Å²) in [5, 5.41) is 10.9. The number of rotatable bonds is 5. The Morgan fingerprint density at radius 1 is 1.15 bits per heavy atom. The molecular formula is C13H23N3O4. The normalized spacial score (nSPS) is 17.6. The third-order valence-corrected chi connectivity index (χ3v) is 3.41. The molecule has 0 aromatic rings. The number of carbonyl (C=O) groups is 3. The lowest BCUT2D eigenvalue weighted by Gasteiger charge is -2.33. The van der Waals surface area contributed by atoms with Crippen molar-refractivity contribution in [2.24, 2.45) is 5.92 Å². The van der Waals surface area contributed by atoms with Gasteiger partial charge < -0.3 is 14.9 Å². The summed E-state index contributed by atoms with van der Waals surface area (Å²) >= 11 is 0. The Morgan fingerprint density at radius 2 is 1.75 bits per heavy atom. The maximum Gasteiger partial charge on any atom is 0.324 e. The molecule has 7 heteroatoms. The van der Waals surface area contributed by atoms with E-state index in [0.717, 1.165) is 19.6 Å². The van der Waals surface area contributed by atoms with Crippen molar-refractivity contribution < 1.29 is 19.5 Å². The smallest absolute Gasteiger partial charge is 0.324 e. The zero-order chi connectivity index (χ0) is 15.1. The van der Waals surface area contributed by atoms with Gasteiger partial charge in [0.25, 0.3) is 0 Å². The molecule has 7 nitrogen and oxygen atoms in total. The van der Waals surface area contributed by atoms with E-state index in [4.69, 9.17) is 5.11 Å². The van der Waals surface area contributed by atoms with Crippen LogP contribution in [0.1, 0.15) is 26.7 Å². The van der Waals surface area contributed by atoms with E-state index in [9.17, 15) is 14.4 Å². The van der Waals surface area contributed by atoms with Crippen LogP contribution in [-0.4, -0.2) is 65.5 Å². The van der Waals surface area contributed by atoms with Gasteiger partial charge in [-0.05, 0) is 12.5 Å². The van der Waals surface area contributed by atoms with Crippen LogP contribution >= 0.6 is 0 Å². The van der Waals surface area contributed by atoms with Gasteiger partial charge in [-0.3, -0.25) is 14.9 Å². The second kappa shape index (κ2) is 7.84. The fraction of sp³-hybridized carbons (Fsp3) is 0.769. The number of hydrogen-bond acceptors (Lipinski definition) is 4. The summed E-state index contributed by atoms with van der Waals surface area (Å²) in [5.74, 6) is -1.63. The molecule has 2 N–H and O–H groups in total. The van der Waals surface area contributed by atoms with Crippen LogP contribution in [0.15, 0.2) is 0 Å². The van der Waals surface area contributed by atoms with E-state index in [0.29, 0.717) is 13.1 Å². The van der Waals surface area contributed by atoms with Gasteiger partial charge in [0, 0.05) is 39.0 Å². The third kappa shape index (κ3) is 5.56. The zero-order valence-electron chi connectivity index (χ0n) is 12.1. The van der Waals surface area contributed by atoms with Gasteiger partial charge in [0.1, 0.15) is 0 Å². The second-order valence-electron chi connectivity index (χ2n) is 5.18. The summed E-state index contributed by atoms with van der Waals surface area (Å²) in [7, 11) is 0. The van der Waals surface area contributed by atoms with Crippen LogP contribution in [0.3, 0.4) is 0 Å². The predicted molar refractivity (Wildman–Crippen MR) is 73.3 cm³/mol. The standard InChI is InChI=1S/C13H23N3O4/c1-3-15-4-6-16(7-5-15)13(20)14-11(17)8-10(2)9-12(18)19/h10H,3-9H2,1-2H3,(H,18,19)(H,14,17,20). The first-order valence-electron chi connectivity index (χ1n) is 6.95. The van der Waals surface area contributed by atoms with Gasteiger partial charge in [-0.25, -0.2) is 4.79 Å². The van der Waals surface area contributed by atoms with Gasteiger partial charge in [0.15, 0.2) is 0 Å². The summed E-state index contributed by atoms with van der Waals surface area (Å²) in [6, 6.07) is -0.381. The van der Waals surface area contributed by atoms with Crippen molar-refractivity contribution in [3.05, 3.63) is 0 Å². The lowest BCUT2D eigenvalue weighted by molar-refractivity contribution is -0.138. The van der Waals surface area contributed by atoms with Crippen LogP contribution in [0.4, 0.5) is 4.79 Å². The minimum Gasteiger partial charge on any atom is -0.481 e. The molecule has 1 saturated heterocycles. The Morgan fingerprint density at radius 3 is 2.25 bits per heavy atom. The second-order valence-corrected chi connectivity index (χ2v) is 5.18. The number of likely N-dealkylation sites (N-methyl/N-ethyl adjacent to an activating group) is 1. The van der Waals surface area contributed by atoms with Gasteiger partial charge in [-0.15, -0.1) is 0 Å². The van der Waals surface area contributed by atoms with E-state index >= 15 is 0 Å². The van der Waals surface area contributed by atoms with E-state index in [1.165, 1.54) is 0 Å². The summed E-state index contributed by atoms with van der Waals surface area (Å²) in [6.07, 6.45) is -0.0241. The van der Waals surface area contributed by atoms with Gasteiger partial charge >= 0.3 is 12.0 Å². The number of nitrogens with zero attached hydrogens (tertiary/aromatic N) is 2. The molecule has 1 unspecified atom stereocenters. The Labute approximate surface area is 118 Å². The maximum atomic E-state index is 11.9. The predicted octanol–water partition coefficient (Wildman–Crippen LogP) is 0.361. The topological polar surface area (TPSA) is 90.0 Å². The van der Waals surface area contributed by atoms with Crippen LogP contribution in [0.25, 0.3) is 0 Å². The monoisotopic (exact) mass is 285 g/mol. The molecule has 1 fully saturated rings. The molecule has 0 radical (unpaired) electrons. The largest absolute Gasteiger partial charge is 0.481 e. The number of hydrogen-bond donors (Lipinski definition) is 2. The molecule has 20 heavy (non-hydrogen) atoms. The summed E-state index contributed by atoms with van der Waals surface area (Å²) in [6.45, 7) is 7.55. The minimum absolute atomic E-state index is 0.0486. The molecular weight excluding hydrogens is 262 g/mol. The van der Waals surface area contributed by atoms with Crippen LogP contribution in [0.2, 0.25) is 0 Å². The van der Waals surface area contributed by atoms with Crippen molar-refractivity contribution in [1.82, 2.24) is 15.1 Å². The fourth-order valence-corrected chi connectivity index (χ4v) is 2.20. The van der Waals surface area contributed by atoms with E-state index in [-0.39, 0.29) is 24.8 Å². The van der Waals surface area contributed by atoms with Crippen molar-refractivity contribution in [3.63, 3.8) is 0 Å². The van der Waals surface area contributed by atoms with Crippen molar-refractivity contribution in [1.29, 1.82) is 0 Å². The Balaban J connectivity index is 2.31. The molecule has 0 aromatic heterocycles. The molecule has 1 heterocycles. The van der Waals surface area contributed by atoms with Crippen LogP contribution in [0, 0.1) is 5.92 Å². The third-order valence-electron chi connectivity index (χ3n) is 3.41. The highest BCUT2D eigenvalue weighted by Crippen LogP contribution is 2.07. The zero-order valence-corrected chi connectivity index (χ0v) is 12.1. The fourth-order valence-electron chi connectivity index (χ4n) is 2.20. The van der Waals surface area contributed by atoms with Crippen molar-refractivity contribution in [2.75, 3.05) is 32.7 Å². The van der Waals surface area contributed by atoms with Crippen molar-refractivity contribution in [3.8, 4) is 0 Å². The first-order chi connectivity index (χ1) is 9.42. The van der Waals surface area contributed by atoms with Crippen molar-refractivity contribution in [2.45, 2.75) is 26.7 Å². The first-order valence-corrected chi connectivity index (χ1v) is 6.95. The number of nitrogens with one attached hydrogen (secondary N) is 1. The number of piperazine rings is 1. The highest BCUT2D eigenvalue weighted by Gasteiger charge is 2.22. The van der Waals surface area contributed by atoms with Crippen LogP contribution in [-0.2, 0) is 9.59 Å². The highest BCUT2D eigenvalue weighted by atomic mass is 16.4. The molecule has 0 spiro atoms. The molecule has 0 bridgehead atoms. The number of carbonyl (C=O) groups excluding carboxylic acids is 2. The maximum absolute atomic E-state index is 11.9. The van der Waals surface area contributed by atoms with Crippen LogP contribution < -0.4 is 5.32 Å². The van der Waals surface area contributed by atoms with E-state index in [1.807, 2.05) is 0 Å². The molecule has 1 aliphatic heterocycles. The lowest BCUT2D eigenvalue weighted by atomic mass is 10.0. The SMILES string of the molecule is CCN1CCN(C(=O)NC(=O)CC(C)CC(=O)O)CC1. The van der Waals surface area contributed by atoms with Gasteiger partial charge in [-0.2, -0.15) is 0 Å². The first kappa shape index (κ1) is 16.4. The number of urea groups is 1. The number of aliphatic carboxylic acids is 1. The highest BCUT2D eigenvalue weighted by molar-refractivity contribution is 5.94. The van der Waals surface area contributed by atoms with Crippen molar-refractivity contribution >= 4 is 17.9 Å². The molecule has 0 aliphatic carbocycles. The Hall–Kier alpha value is -1.63. The van der Waals surface area contributed by atoms with E-state index < -0.39 is 11.9 Å².